The van der Waals surface area contributed by atoms with Crippen molar-refractivity contribution >= 4 is 5.82 Å². The summed E-state index contributed by atoms with van der Waals surface area (Å²) in [6, 6.07) is 9.77. The SMILES string of the molecule is N#Cc1cc(-c2ccccn2)cnc1N1CCOCC1. The lowest BCUT2D eigenvalue weighted by molar-refractivity contribution is 0.122. The highest BCUT2D eigenvalue weighted by Gasteiger charge is 2.17. The van der Waals surface area contributed by atoms with E-state index in [0.717, 1.165) is 30.2 Å². The maximum absolute atomic E-state index is 9.35. The Balaban J connectivity index is 1.96. The molecule has 0 aromatic carbocycles. The Morgan fingerprint density at radius 2 is 2.05 bits per heavy atom. The van der Waals surface area contributed by atoms with E-state index in [4.69, 9.17) is 4.74 Å². The first kappa shape index (κ1) is 12.6. The number of morpholine rings is 1. The summed E-state index contributed by atoms with van der Waals surface area (Å²) >= 11 is 0. The lowest BCUT2D eigenvalue weighted by atomic mass is 10.1. The van der Waals surface area contributed by atoms with Crippen molar-refractivity contribution in [2.75, 3.05) is 31.2 Å². The first-order valence-electron chi connectivity index (χ1n) is 6.53. The van der Waals surface area contributed by atoms with Crippen LogP contribution in [0.2, 0.25) is 0 Å². The van der Waals surface area contributed by atoms with Crippen molar-refractivity contribution in [2.45, 2.75) is 0 Å². The Morgan fingerprint density at radius 1 is 1.20 bits per heavy atom. The van der Waals surface area contributed by atoms with Crippen LogP contribution >= 0.6 is 0 Å². The first-order valence-corrected chi connectivity index (χ1v) is 6.53. The van der Waals surface area contributed by atoms with Gasteiger partial charge in [-0.15, -0.1) is 0 Å². The normalized spacial score (nSPS) is 14.8. The van der Waals surface area contributed by atoms with E-state index in [1.165, 1.54) is 0 Å². The molecule has 0 unspecified atom stereocenters. The summed E-state index contributed by atoms with van der Waals surface area (Å²) in [5.74, 6) is 0.732. The van der Waals surface area contributed by atoms with Gasteiger partial charge in [0.15, 0.2) is 0 Å². The molecule has 3 heterocycles. The smallest absolute Gasteiger partial charge is 0.146 e. The van der Waals surface area contributed by atoms with Crippen molar-refractivity contribution in [1.82, 2.24) is 9.97 Å². The zero-order valence-electron chi connectivity index (χ0n) is 11.0. The molecule has 1 aliphatic heterocycles. The van der Waals surface area contributed by atoms with Crippen LogP contribution in [0.15, 0.2) is 36.7 Å². The molecule has 0 amide bonds. The highest BCUT2D eigenvalue weighted by Crippen LogP contribution is 2.24. The van der Waals surface area contributed by atoms with Crippen LogP contribution in [0, 0.1) is 11.3 Å². The molecule has 0 radical (unpaired) electrons. The van der Waals surface area contributed by atoms with Crippen LogP contribution in [0.3, 0.4) is 0 Å². The topological polar surface area (TPSA) is 62.0 Å². The molecule has 100 valence electrons. The number of ether oxygens (including phenoxy) is 1. The number of hydrogen-bond acceptors (Lipinski definition) is 5. The summed E-state index contributed by atoms with van der Waals surface area (Å²) in [6.07, 6.45) is 3.51. The fraction of sp³-hybridized carbons (Fsp3) is 0.267. The summed E-state index contributed by atoms with van der Waals surface area (Å²) in [5.41, 5.74) is 2.26. The summed E-state index contributed by atoms with van der Waals surface area (Å²) in [7, 11) is 0. The third-order valence-electron chi connectivity index (χ3n) is 3.26. The second kappa shape index (κ2) is 5.68. The van der Waals surface area contributed by atoms with E-state index in [-0.39, 0.29) is 0 Å². The van der Waals surface area contributed by atoms with E-state index in [9.17, 15) is 5.26 Å². The molecule has 0 atom stereocenters. The minimum atomic E-state index is 0.579. The zero-order chi connectivity index (χ0) is 13.8. The van der Waals surface area contributed by atoms with Crippen LogP contribution in [-0.4, -0.2) is 36.3 Å². The molecular formula is C15H14N4O. The quantitative estimate of drug-likeness (QED) is 0.830. The van der Waals surface area contributed by atoms with Crippen molar-refractivity contribution in [3.05, 3.63) is 42.2 Å². The zero-order valence-corrected chi connectivity index (χ0v) is 11.0. The standard InChI is InChI=1S/C15H14N4O/c16-10-12-9-13(14-3-1-2-4-17-14)11-18-15(12)19-5-7-20-8-6-19/h1-4,9,11H,5-8H2. The van der Waals surface area contributed by atoms with Gasteiger partial charge in [-0.1, -0.05) is 6.07 Å². The minimum Gasteiger partial charge on any atom is -0.378 e. The molecule has 1 saturated heterocycles. The Hall–Kier alpha value is -2.45. The molecule has 0 aliphatic carbocycles. The number of rotatable bonds is 2. The van der Waals surface area contributed by atoms with Gasteiger partial charge in [-0.3, -0.25) is 4.98 Å². The average Bonchev–Trinajstić information content (AvgIpc) is 2.56. The third-order valence-corrected chi connectivity index (χ3v) is 3.26. The Kier molecular flexibility index (Phi) is 3.57. The molecule has 5 nitrogen and oxygen atoms in total. The van der Waals surface area contributed by atoms with Gasteiger partial charge in [0, 0.05) is 31.0 Å². The second-order valence-corrected chi connectivity index (χ2v) is 4.52. The first-order chi connectivity index (χ1) is 9.88. The molecule has 3 rings (SSSR count). The van der Waals surface area contributed by atoms with Gasteiger partial charge in [0.05, 0.1) is 24.5 Å². The van der Waals surface area contributed by atoms with Crippen molar-refractivity contribution < 1.29 is 4.74 Å². The second-order valence-electron chi connectivity index (χ2n) is 4.52. The van der Waals surface area contributed by atoms with E-state index >= 15 is 0 Å². The predicted molar refractivity (Wildman–Crippen MR) is 75.2 cm³/mol. The van der Waals surface area contributed by atoms with Crippen LogP contribution in [0.1, 0.15) is 5.56 Å². The van der Waals surface area contributed by atoms with E-state index in [0.29, 0.717) is 18.8 Å². The van der Waals surface area contributed by atoms with Crippen molar-refractivity contribution in [3.63, 3.8) is 0 Å². The Morgan fingerprint density at radius 3 is 2.75 bits per heavy atom. The van der Waals surface area contributed by atoms with Crippen LogP contribution in [0.4, 0.5) is 5.82 Å². The molecule has 20 heavy (non-hydrogen) atoms. The number of pyridine rings is 2. The monoisotopic (exact) mass is 266 g/mol. The summed E-state index contributed by atoms with van der Waals surface area (Å²) < 4.78 is 5.33. The van der Waals surface area contributed by atoms with Crippen molar-refractivity contribution in [2.24, 2.45) is 0 Å². The minimum absolute atomic E-state index is 0.579. The van der Waals surface area contributed by atoms with Crippen molar-refractivity contribution in [3.8, 4) is 17.3 Å². The van der Waals surface area contributed by atoms with Gasteiger partial charge in [0.1, 0.15) is 11.9 Å². The Labute approximate surface area is 117 Å². The number of aromatic nitrogens is 2. The predicted octanol–water partition coefficient (Wildman–Crippen LogP) is 1.85. The number of nitriles is 1. The molecule has 0 N–H and O–H groups in total. The highest BCUT2D eigenvalue weighted by molar-refractivity contribution is 5.65. The van der Waals surface area contributed by atoms with Gasteiger partial charge in [0.2, 0.25) is 0 Å². The Bertz CT molecular complexity index is 630. The fourth-order valence-corrected chi connectivity index (χ4v) is 2.24. The molecule has 0 saturated carbocycles. The molecule has 0 bridgehead atoms. The van der Waals surface area contributed by atoms with Crippen LogP contribution in [0.25, 0.3) is 11.3 Å². The van der Waals surface area contributed by atoms with E-state index < -0.39 is 0 Å². The van der Waals surface area contributed by atoms with Gasteiger partial charge < -0.3 is 9.64 Å². The van der Waals surface area contributed by atoms with Crippen LogP contribution in [-0.2, 0) is 4.74 Å². The molecule has 1 aliphatic rings. The van der Waals surface area contributed by atoms with E-state index in [2.05, 4.69) is 20.9 Å². The molecule has 2 aromatic rings. The maximum atomic E-state index is 9.35. The lowest BCUT2D eigenvalue weighted by Gasteiger charge is -2.28. The highest BCUT2D eigenvalue weighted by atomic mass is 16.5. The van der Waals surface area contributed by atoms with E-state index in [1.54, 1.807) is 12.4 Å². The third kappa shape index (κ3) is 2.46. The molecular weight excluding hydrogens is 252 g/mol. The van der Waals surface area contributed by atoms with Crippen molar-refractivity contribution in [1.29, 1.82) is 5.26 Å². The molecule has 0 spiro atoms. The largest absolute Gasteiger partial charge is 0.378 e. The van der Waals surface area contributed by atoms with E-state index in [1.807, 2.05) is 24.3 Å². The van der Waals surface area contributed by atoms with Crippen LogP contribution in [0.5, 0.6) is 0 Å². The van der Waals surface area contributed by atoms with Gasteiger partial charge in [-0.2, -0.15) is 5.26 Å². The molecule has 1 fully saturated rings. The fourth-order valence-electron chi connectivity index (χ4n) is 2.24. The number of anilines is 1. The van der Waals surface area contributed by atoms with Gasteiger partial charge >= 0.3 is 0 Å². The average molecular weight is 266 g/mol. The summed E-state index contributed by atoms with van der Waals surface area (Å²) in [4.78, 5) is 10.8. The maximum Gasteiger partial charge on any atom is 0.146 e. The van der Waals surface area contributed by atoms with Gasteiger partial charge in [-0.05, 0) is 18.2 Å². The number of nitrogens with zero attached hydrogens (tertiary/aromatic N) is 4. The molecule has 2 aromatic heterocycles. The number of hydrogen-bond donors (Lipinski definition) is 0. The van der Waals surface area contributed by atoms with Gasteiger partial charge in [-0.25, -0.2) is 4.98 Å². The lowest BCUT2D eigenvalue weighted by Crippen LogP contribution is -2.37. The van der Waals surface area contributed by atoms with Crippen LogP contribution < -0.4 is 4.90 Å². The summed E-state index contributed by atoms with van der Waals surface area (Å²) in [6.45, 7) is 2.89. The van der Waals surface area contributed by atoms with Gasteiger partial charge in [0.25, 0.3) is 0 Å². The summed E-state index contributed by atoms with van der Waals surface area (Å²) in [5, 5.41) is 9.35. The molecule has 5 heteroatoms.